The minimum absolute atomic E-state index is 0.0432. The van der Waals surface area contributed by atoms with Crippen LogP contribution >= 0.6 is 0 Å². The molecule has 144 valence electrons. The van der Waals surface area contributed by atoms with Crippen molar-refractivity contribution in [3.8, 4) is 0 Å². The largest absolute Gasteiger partial charge is 0.394 e. The number of nitrogens with zero attached hydrogens (tertiary/aromatic N) is 2. The third kappa shape index (κ3) is 5.54. The number of carbonyl (C=O) groups is 1. The summed E-state index contributed by atoms with van der Waals surface area (Å²) in [6.07, 6.45) is 6.07. The fourth-order valence-electron chi connectivity index (χ4n) is 3.53. The summed E-state index contributed by atoms with van der Waals surface area (Å²) in [5.41, 5.74) is 2.02. The summed E-state index contributed by atoms with van der Waals surface area (Å²) in [7, 11) is 0. The van der Waals surface area contributed by atoms with Crippen molar-refractivity contribution < 1.29 is 9.90 Å². The Balaban J connectivity index is 1.46. The molecule has 2 N–H and O–H groups in total. The number of aryl methyl sites for hydroxylation is 1. The number of rotatable bonds is 7. The molecule has 0 unspecified atom stereocenters. The van der Waals surface area contributed by atoms with Gasteiger partial charge in [-0.05, 0) is 56.2 Å². The number of carbonyl (C=O) groups excluding carboxylic acids is 1. The number of benzene rings is 1. The molecule has 3 rings (SSSR count). The highest BCUT2D eigenvalue weighted by atomic mass is 16.3. The van der Waals surface area contributed by atoms with E-state index in [-0.39, 0.29) is 18.6 Å². The van der Waals surface area contributed by atoms with E-state index in [0.717, 1.165) is 32.4 Å². The summed E-state index contributed by atoms with van der Waals surface area (Å²) in [4.78, 5) is 18.9. The molecule has 1 fully saturated rings. The number of anilines is 1. The van der Waals surface area contributed by atoms with Gasteiger partial charge >= 0.3 is 0 Å². The average Bonchev–Trinajstić information content (AvgIpc) is 2.73. The third-order valence-electron chi connectivity index (χ3n) is 5.26. The lowest BCUT2D eigenvalue weighted by Gasteiger charge is -2.32. The zero-order valence-corrected chi connectivity index (χ0v) is 16.0. The van der Waals surface area contributed by atoms with Crippen LogP contribution in [0.2, 0.25) is 0 Å². The standard InChI is InChI=1S/C22H29N3O2/c1-17(16-26)24-21-10-9-20(15-23-21)22(27)25-13-11-19(12-14-25)8-7-18-5-3-2-4-6-18/h2-6,9-10,15,17,19,26H,7-8,11-14,16H2,1H3,(H,23,24)/t17-/m0/s1. The van der Waals surface area contributed by atoms with Gasteiger partial charge in [0, 0.05) is 25.3 Å². The van der Waals surface area contributed by atoms with Gasteiger partial charge in [-0.1, -0.05) is 30.3 Å². The Kier molecular flexibility index (Phi) is 6.82. The number of hydrogen-bond donors (Lipinski definition) is 2. The fourth-order valence-corrected chi connectivity index (χ4v) is 3.53. The van der Waals surface area contributed by atoms with E-state index in [1.807, 2.05) is 17.9 Å². The molecule has 0 saturated carbocycles. The van der Waals surface area contributed by atoms with Gasteiger partial charge in [0.05, 0.1) is 12.2 Å². The van der Waals surface area contributed by atoms with E-state index in [2.05, 4.69) is 40.6 Å². The first-order valence-electron chi connectivity index (χ1n) is 9.82. The van der Waals surface area contributed by atoms with Crippen LogP contribution in [-0.2, 0) is 6.42 Å². The lowest BCUT2D eigenvalue weighted by Crippen LogP contribution is -2.38. The molecule has 0 bridgehead atoms. The third-order valence-corrected chi connectivity index (χ3v) is 5.26. The van der Waals surface area contributed by atoms with Crippen molar-refractivity contribution in [3.05, 3.63) is 59.8 Å². The Morgan fingerprint density at radius 1 is 1.22 bits per heavy atom. The van der Waals surface area contributed by atoms with Crippen LogP contribution < -0.4 is 5.32 Å². The Labute approximate surface area is 161 Å². The second-order valence-electron chi connectivity index (χ2n) is 7.42. The number of nitrogens with one attached hydrogen (secondary N) is 1. The zero-order chi connectivity index (χ0) is 19.1. The molecule has 1 aromatic carbocycles. The van der Waals surface area contributed by atoms with Gasteiger partial charge in [-0.15, -0.1) is 0 Å². The second-order valence-corrected chi connectivity index (χ2v) is 7.42. The molecule has 1 atom stereocenters. The summed E-state index contributed by atoms with van der Waals surface area (Å²) in [5.74, 6) is 1.43. The molecule has 27 heavy (non-hydrogen) atoms. The molecule has 1 aromatic heterocycles. The van der Waals surface area contributed by atoms with E-state index in [0.29, 0.717) is 17.3 Å². The molecular formula is C22H29N3O2. The molecule has 1 aliphatic heterocycles. The van der Waals surface area contributed by atoms with Crippen LogP contribution in [0.15, 0.2) is 48.7 Å². The molecule has 2 aromatic rings. The Morgan fingerprint density at radius 2 is 1.96 bits per heavy atom. The average molecular weight is 367 g/mol. The first kappa shape index (κ1) is 19.4. The zero-order valence-electron chi connectivity index (χ0n) is 16.0. The van der Waals surface area contributed by atoms with Gasteiger partial charge in [0.2, 0.25) is 0 Å². The van der Waals surface area contributed by atoms with Crippen LogP contribution in [-0.4, -0.2) is 46.6 Å². The van der Waals surface area contributed by atoms with Crippen LogP contribution in [0.4, 0.5) is 5.82 Å². The lowest BCUT2D eigenvalue weighted by molar-refractivity contribution is 0.0686. The van der Waals surface area contributed by atoms with Gasteiger partial charge in [0.15, 0.2) is 0 Å². The molecule has 1 amide bonds. The number of pyridine rings is 1. The van der Waals surface area contributed by atoms with Crippen LogP contribution in [0.25, 0.3) is 0 Å². The van der Waals surface area contributed by atoms with Crippen molar-refractivity contribution >= 4 is 11.7 Å². The van der Waals surface area contributed by atoms with E-state index in [9.17, 15) is 4.79 Å². The second kappa shape index (κ2) is 9.51. The van der Waals surface area contributed by atoms with E-state index < -0.39 is 0 Å². The normalized spacial score (nSPS) is 16.1. The number of likely N-dealkylation sites (tertiary alicyclic amines) is 1. The summed E-state index contributed by atoms with van der Waals surface area (Å²) in [6, 6.07) is 14.2. The van der Waals surface area contributed by atoms with Crippen molar-refractivity contribution in [2.75, 3.05) is 25.0 Å². The fraction of sp³-hybridized carbons (Fsp3) is 0.455. The van der Waals surface area contributed by atoms with Crippen molar-refractivity contribution in [2.24, 2.45) is 5.92 Å². The van der Waals surface area contributed by atoms with Gasteiger partial charge in [-0.25, -0.2) is 4.98 Å². The highest BCUT2D eigenvalue weighted by molar-refractivity contribution is 5.94. The van der Waals surface area contributed by atoms with E-state index in [4.69, 9.17) is 5.11 Å². The highest BCUT2D eigenvalue weighted by Crippen LogP contribution is 2.23. The van der Waals surface area contributed by atoms with E-state index in [1.54, 1.807) is 12.3 Å². The van der Waals surface area contributed by atoms with Gasteiger partial charge in [0.1, 0.15) is 5.82 Å². The first-order valence-corrected chi connectivity index (χ1v) is 9.82. The highest BCUT2D eigenvalue weighted by Gasteiger charge is 2.23. The number of amides is 1. The SMILES string of the molecule is C[C@@H](CO)Nc1ccc(C(=O)N2CCC(CCc3ccccc3)CC2)cn1. The number of piperidine rings is 1. The summed E-state index contributed by atoms with van der Waals surface area (Å²) >= 11 is 0. The van der Waals surface area contributed by atoms with E-state index in [1.165, 1.54) is 12.0 Å². The topological polar surface area (TPSA) is 65.5 Å². The van der Waals surface area contributed by atoms with Crippen LogP contribution in [0.5, 0.6) is 0 Å². The Bertz CT molecular complexity index is 710. The van der Waals surface area contributed by atoms with Gasteiger partial charge in [0.25, 0.3) is 5.91 Å². The molecule has 2 heterocycles. The van der Waals surface area contributed by atoms with Crippen molar-refractivity contribution in [1.82, 2.24) is 9.88 Å². The van der Waals surface area contributed by atoms with Gasteiger partial charge in [-0.2, -0.15) is 0 Å². The summed E-state index contributed by atoms with van der Waals surface area (Å²) in [6.45, 7) is 3.56. The molecule has 0 aliphatic carbocycles. The van der Waals surface area contributed by atoms with Crippen LogP contribution in [0.3, 0.4) is 0 Å². The minimum atomic E-state index is -0.0611. The maximum absolute atomic E-state index is 12.7. The number of aliphatic hydroxyl groups is 1. The maximum atomic E-state index is 12.7. The number of aromatic nitrogens is 1. The number of aliphatic hydroxyl groups excluding tert-OH is 1. The molecule has 5 heteroatoms. The maximum Gasteiger partial charge on any atom is 0.255 e. The van der Waals surface area contributed by atoms with Gasteiger partial charge < -0.3 is 15.3 Å². The minimum Gasteiger partial charge on any atom is -0.394 e. The quantitative estimate of drug-likeness (QED) is 0.788. The molecule has 1 aliphatic rings. The smallest absolute Gasteiger partial charge is 0.255 e. The monoisotopic (exact) mass is 367 g/mol. The molecular weight excluding hydrogens is 338 g/mol. The van der Waals surface area contributed by atoms with Crippen LogP contribution in [0.1, 0.15) is 42.1 Å². The summed E-state index contributed by atoms with van der Waals surface area (Å²) in [5, 5.41) is 12.2. The number of hydrogen-bond acceptors (Lipinski definition) is 4. The molecule has 1 saturated heterocycles. The van der Waals surface area contributed by atoms with Crippen molar-refractivity contribution in [2.45, 2.75) is 38.6 Å². The Morgan fingerprint density at radius 3 is 2.59 bits per heavy atom. The van der Waals surface area contributed by atoms with Crippen molar-refractivity contribution in [3.63, 3.8) is 0 Å². The van der Waals surface area contributed by atoms with E-state index >= 15 is 0 Å². The molecule has 5 nitrogen and oxygen atoms in total. The molecule has 0 spiro atoms. The lowest BCUT2D eigenvalue weighted by atomic mass is 9.90. The van der Waals surface area contributed by atoms with Crippen LogP contribution in [0, 0.1) is 5.92 Å². The molecule has 0 radical (unpaired) electrons. The van der Waals surface area contributed by atoms with Gasteiger partial charge in [-0.3, -0.25) is 4.79 Å². The first-order chi connectivity index (χ1) is 13.2. The van der Waals surface area contributed by atoms with Crippen molar-refractivity contribution in [1.29, 1.82) is 0 Å². The summed E-state index contributed by atoms with van der Waals surface area (Å²) < 4.78 is 0. The predicted octanol–water partition coefficient (Wildman–Crippen LogP) is 3.36. The predicted molar refractivity (Wildman–Crippen MR) is 108 cm³/mol. The Hall–Kier alpha value is -2.40.